The van der Waals surface area contributed by atoms with E-state index >= 15 is 0 Å². The summed E-state index contributed by atoms with van der Waals surface area (Å²) in [5, 5.41) is 2.96. The molecule has 1 heterocycles. The van der Waals surface area contributed by atoms with Crippen LogP contribution >= 0.6 is 0 Å². The highest BCUT2D eigenvalue weighted by atomic mass is 32.2. The molecule has 0 aromatic heterocycles. The van der Waals surface area contributed by atoms with E-state index in [1.54, 1.807) is 18.2 Å². The van der Waals surface area contributed by atoms with Crippen LogP contribution in [0.2, 0.25) is 0 Å². The number of benzene rings is 3. The van der Waals surface area contributed by atoms with Crippen molar-refractivity contribution in [2.75, 3.05) is 29.8 Å². The molecule has 9 nitrogen and oxygen atoms in total. The Labute approximate surface area is 248 Å². The first-order valence-corrected chi connectivity index (χ1v) is 15.8. The van der Waals surface area contributed by atoms with Crippen molar-refractivity contribution in [1.29, 1.82) is 0 Å². The first-order valence-electron chi connectivity index (χ1n) is 14.2. The smallest absolute Gasteiger partial charge is 0.244 e. The summed E-state index contributed by atoms with van der Waals surface area (Å²) in [6.45, 7) is 7.60. The van der Waals surface area contributed by atoms with E-state index in [2.05, 4.69) is 5.32 Å². The molecule has 3 aromatic rings. The molecule has 42 heavy (non-hydrogen) atoms. The van der Waals surface area contributed by atoms with Crippen LogP contribution in [0, 0.1) is 6.92 Å². The Morgan fingerprint density at radius 1 is 0.905 bits per heavy atom. The third-order valence-electron chi connectivity index (χ3n) is 6.93. The van der Waals surface area contributed by atoms with Gasteiger partial charge in [0.1, 0.15) is 25.8 Å². The van der Waals surface area contributed by atoms with Gasteiger partial charge in [-0.1, -0.05) is 60.2 Å². The fourth-order valence-corrected chi connectivity index (χ4v) is 5.90. The second kappa shape index (κ2) is 13.7. The number of ether oxygens (including phenoxy) is 2. The van der Waals surface area contributed by atoms with Crippen molar-refractivity contribution in [1.82, 2.24) is 10.2 Å². The summed E-state index contributed by atoms with van der Waals surface area (Å²) in [7, 11) is -3.88. The van der Waals surface area contributed by atoms with E-state index in [-0.39, 0.29) is 36.4 Å². The molecule has 0 saturated carbocycles. The molecule has 0 bridgehead atoms. The van der Waals surface area contributed by atoms with E-state index in [0.717, 1.165) is 21.0 Å². The molecule has 1 atom stereocenters. The third-order valence-corrected chi connectivity index (χ3v) is 8.67. The van der Waals surface area contributed by atoms with Crippen LogP contribution in [-0.4, -0.2) is 62.7 Å². The number of amides is 2. The molecule has 0 aliphatic carbocycles. The largest absolute Gasteiger partial charge is 0.486 e. The van der Waals surface area contributed by atoms with Crippen molar-refractivity contribution in [2.24, 2.45) is 0 Å². The second-order valence-corrected chi connectivity index (χ2v) is 12.8. The minimum atomic E-state index is -3.88. The predicted molar refractivity (Wildman–Crippen MR) is 163 cm³/mol. The number of hydrogen-bond donors (Lipinski definition) is 1. The maximum Gasteiger partial charge on any atom is 0.244 e. The lowest BCUT2D eigenvalue weighted by Crippen LogP contribution is -2.54. The van der Waals surface area contributed by atoms with Crippen LogP contribution in [0.25, 0.3) is 0 Å². The highest BCUT2D eigenvalue weighted by molar-refractivity contribution is 7.92. The van der Waals surface area contributed by atoms with E-state index < -0.39 is 28.5 Å². The number of hydrogen-bond acceptors (Lipinski definition) is 6. The lowest BCUT2D eigenvalue weighted by molar-refractivity contribution is -0.140. The van der Waals surface area contributed by atoms with Crippen molar-refractivity contribution >= 4 is 27.5 Å². The van der Waals surface area contributed by atoms with E-state index in [1.807, 2.05) is 75.4 Å². The number of nitrogens with one attached hydrogen (secondary N) is 1. The predicted octanol–water partition coefficient (Wildman–Crippen LogP) is 4.09. The van der Waals surface area contributed by atoms with Crippen LogP contribution in [-0.2, 0) is 32.6 Å². The van der Waals surface area contributed by atoms with Crippen LogP contribution in [0.3, 0.4) is 0 Å². The Balaban J connectivity index is 1.75. The molecular formula is C32H39N3O6S. The molecule has 0 fully saturated rings. The molecular weight excluding hydrogens is 554 g/mol. The lowest BCUT2D eigenvalue weighted by Gasteiger charge is -2.34. The fraction of sp³-hybridized carbons (Fsp3) is 0.375. The number of sulfonamides is 1. The number of aryl methyl sites for hydroxylation is 1. The van der Waals surface area contributed by atoms with Gasteiger partial charge in [-0.2, -0.15) is 0 Å². The average Bonchev–Trinajstić information content (AvgIpc) is 2.97. The molecule has 4 rings (SSSR count). The van der Waals surface area contributed by atoms with Gasteiger partial charge in [-0.25, -0.2) is 8.42 Å². The molecule has 2 amide bonds. The van der Waals surface area contributed by atoms with E-state index in [9.17, 15) is 18.0 Å². The Morgan fingerprint density at radius 3 is 2.26 bits per heavy atom. The van der Waals surface area contributed by atoms with E-state index in [4.69, 9.17) is 9.47 Å². The van der Waals surface area contributed by atoms with Crippen LogP contribution < -0.4 is 19.1 Å². The van der Waals surface area contributed by atoms with Crippen LogP contribution in [0.4, 0.5) is 5.69 Å². The molecule has 0 unspecified atom stereocenters. The summed E-state index contributed by atoms with van der Waals surface area (Å²) >= 11 is 0. The Bertz CT molecular complexity index is 1490. The Morgan fingerprint density at radius 2 is 1.60 bits per heavy atom. The van der Waals surface area contributed by atoms with Gasteiger partial charge in [-0.3, -0.25) is 13.9 Å². The van der Waals surface area contributed by atoms with E-state index in [1.165, 1.54) is 11.8 Å². The number of nitrogens with zero attached hydrogens (tertiary/aromatic N) is 2. The summed E-state index contributed by atoms with van der Waals surface area (Å²) in [6, 6.07) is 21.0. The van der Waals surface area contributed by atoms with Crippen LogP contribution in [0.5, 0.6) is 11.5 Å². The molecule has 3 aromatic carbocycles. The summed E-state index contributed by atoms with van der Waals surface area (Å²) in [5.41, 5.74) is 3.02. The normalized spacial score (nSPS) is 13.4. The molecule has 1 N–H and O–H groups in total. The highest BCUT2D eigenvalue weighted by Gasteiger charge is 2.34. The first kappa shape index (κ1) is 30.9. The zero-order valence-electron chi connectivity index (χ0n) is 24.6. The topological polar surface area (TPSA) is 105 Å². The minimum absolute atomic E-state index is 0.130. The summed E-state index contributed by atoms with van der Waals surface area (Å²) in [4.78, 5) is 29.4. The molecule has 10 heteroatoms. The first-order chi connectivity index (χ1) is 20.1. The molecule has 0 saturated heterocycles. The van der Waals surface area contributed by atoms with Gasteiger partial charge in [0.15, 0.2) is 11.5 Å². The van der Waals surface area contributed by atoms with Gasteiger partial charge < -0.3 is 19.7 Å². The van der Waals surface area contributed by atoms with Crippen molar-refractivity contribution < 1.29 is 27.5 Å². The summed E-state index contributed by atoms with van der Waals surface area (Å²) < 4.78 is 39.1. The van der Waals surface area contributed by atoms with E-state index in [0.29, 0.717) is 24.7 Å². The molecule has 1 aliphatic rings. The van der Waals surface area contributed by atoms with Crippen LogP contribution in [0.1, 0.15) is 37.5 Å². The Kier molecular flexibility index (Phi) is 10.1. The monoisotopic (exact) mass is 593 g/mol. The highest BCUT2D eigenvalue weighted by Crippen LogP contribution is 2.35. The number of rotatable bonds is 12. The maximum atomic E-state index is 14.3. The molecule has 0 spiro atoms. The standard InChI is InChI=1S/C32H39N3O6S/c1-5-42(38,39)35(27-14-15-29-30(20-27)41-17-16-40-29)22-31(36)34(21-26-13-9-10-24(4)18-26)28(32(37)33-23(2)3)19-25-11-7-6-8-12-25/h6-15,18,20,23,28H,5,16-17,19,21-22H2,1-4H3,(H,33,37)/t28-/m0/s1. The quantitative estimate of drug-likeness (QED) is 0.339. The average molecular weight is 594 g/mol. The van der Waals surface area contributed by atoms with Gasteiger partial charge in [0.25, 0.3) is 0 Å². The van der Waals surface area contributed by atoms with Crippen molar-refractivity contribution in [3.8, 4) is 11.5 Å². The number of carbonyl (C=O) groups is 2. The number of anilines is 1. The molecule has 224 valence electrons. The van der Waals surface area contributed by atoms with Gasteiger partial charge in [-0.05, 0) is 51.0 Å². The zero-order valence-corrected chi connectivity index (χ0v) is 25.4. The number of carbonyl (C=O) groups excluding carboxylic acids is 2. The van der Waals surface area contributed by atoms with Gasteiger partial charge >= 0.3 is 0 Å². The minimum Gasteiger partial charge on any atom is -0.486 e. The van der Waals surface area contributed by atoms with Gasteiger partial charge in [-0.15, -0.1) is 0 Å². The number of fused-ring (bicyclic) bond motifs is 1. The molecule has 1 aliphatic heterocycles. The maximum absolute atomic E-state index is 14.3. The molecule has 0 radical (unpaired) electrons. The fourth-order valence-electron chi connectivity index (χ4n) is 4.85. The van der Waals surface area contributed by atoms with Gasteiger partial charge in [0.2, 0.25) is 21.8 Å². The SMILES string of the molecule is CCS(=O)(=O)N(CC(=O)N(Cc1cccc(C)c1)[C@@H](Cc1ccccc1)C(=O)NC(C)C)c1ccc2c(c1)OCCO2. The van der Waals surface area contributed by atoms with Crippen molar-refractivity contribution in [2.45, 2.75) is 52.7 Å². The zero-order chi connectivity index (χ0) is 30.3. The second-order valence-electron chi connectivity index (χ2n) is 10.6. The van der Waals surface area contributed by atoms with Crippen molar-refractivity contribution in [3.63, 3.8) is 0 Å². The third kappa shape index (κ3) is 7.82. The van der Waals surface area contributed by atoms with Gasteiger partial charge in [0, 0.05) is 25.1 Å². The summed E-state index contributed by atoms with van der Waals surface area (Å²) in [5.74, 6) is -0.0901. The Hall–Kier alpha value is -4.05. The summed E-state index contributed by atoms with van der Waals surface area (Å²) in [6.07, 6.45) is 0.265. The van der Waals surface area contributed by atoms with Crippen molar-refractivity contribution in [3.05, 3.63) is 89.5 Å². The van der Waals surface area contributed by atoms with Gasteiger partial charge in [0.05, 0.1) is 11.4 Å². The van der Waals surface area contributed by atoms with Crippen LogP contribution in [0.15, 0.2) is 72.8 Å². The lowest BCUT2D eigenvalue weighted by atomic mass is 10.0.